The van der Waals surface area contributed by atoms with Gasteiger partial charge in [-0.25, -0.2) is 21.2 Å². The van der Waals surface area contributed by atoms with Crippen LogP contribution in [0.4, 0.5) is 15.8 Å². The van der Waals surface area contributed by atoms with Gasteiger partial charge in [-0.1, -0.05) is 26.0 Å². The Bertz CT molecular complexity index is 987. The van der Waals surface area contributed by atoms with Gasteiger partial charge in [0, 0.05) is 5.69 Å². The Kier molecular flexibility index (Phi) is 5.38. The Balaban J connectivity index is 2.32. The molecule has 0 saturated heterocycles. The minimum Gasteiger partial charge on any atom is -0.284 e. The van der Waals surface area contributed by atoms with E-state index in [-0.39, 0.29) is 11.6 Å². The molecular weight excluding hydrogens is 367 g/mol. The van der Waals surface area contributed by atoms with Crippen molar-refractivity contribution in [3.05, 3.63) is 53.8 Å². The summed E-state index contributed by atoms with van der Waals surface area (Å²) < 4.78 is 65.7. The van der Waals surface area contributed by atoms with Gasteiger partial charge in [0.05, 0.1) is 11.9 Å². The minimum atomic E-state index is -4.15. The first-order valence-electron chi connectivity index (χ1n) is 7.38. The Morgan fingerprint density at radius 3 is 2.12 bits per heavy atom. The summed E-state index contributed by atoms with van der Waals surface area (Å²) in [6.07, 6.45) is 0.916. The quantitative estimate of drug-likeness (QED) is 0.798. The highest BCUT2D eigenvalue weighted by Crippen LogP contribution is 2.24. The van der Waals surface area contributed by atoms with Crippen LogP contribution in [0.5, 0.6) is 0 Å². The van der Waals surface area contributed by atoms with Crippen molar-refractivity contribution in [1.29, 1.82) is 0 Å². The van der Waals surface area contributed by atoms with E-state index >= 15 is 0 Å². The fourth-order valence-electron chi connectivity index (χ4n) is 2.17. The van der Waals surface area contributed by atoms with Gasteiger partial charge in [0.2, 0.25) is 10.0 Å². The molecule has 0 radical (unpaired) electrons. The average Bonchev–Trinajstić information content (AvgIpc) is 2.44. The van der Waals surface area contributed by atoms with Crippen LogP contribution in [0, 0.1) is 5.82 Å². The van der Waals surface area contributed by atoms with Crippen molar-refractivity contribution in [2.24, 2.45) is 0 Å². The Hall–Kier alpha value is -2.13. The summed E-state index contributed by atoms with van der Waals surface area (Å²) in [4.78, 5) is -0.568. The van der Waals surface area contributed by atoms with Crippen LogP contribution in [0.3, 0.4) is 0 Å². The first-order chi connectivity index (χ1) is 11.5. The number of rotatable bonds is 6. The summed E-state index contributed by atoms with van der Waals surface area (Å²) in [5, 5.41) is 0. The molecule has 0 unspecified atom stereocenters. The van der Waals surface area contributed by atoms with E-state index in [2.05, 4.69) is 9.44 Å². The summed E-state index contributed by atoms with van der Waals surface area (Å²) in [7, 11) is -7.73. The molecule has 0 fully saturated rings. The summed E-state index contributed by atoms with van der Waals surface area (Å²) in [6, 6.07) is 9.85. The molecule has 2 N–H and O–H groups in total. The summed E-state index contributed by atoms with van der Waals surface area (Å²) in [6.45, 7) is 3.95. The van der Waals surface area contributed by atoms with E-state index in [9.17, 15) is 21.2 Å². The van der Waals surface area contributed by atoms with Gasteiger partial charge in [0.15, 0.2) is 0 Å². The Morgan fingerprint density at radius 2 is 1.56 bits per heavy atom. The molecule has 0 aliphatic rings. The molecule has 0 aliphatic heterocycles. The molecule has 2 rings (SSSR count). The molecule has 6 nitrogen and oxygen atoms in total. The fourth-order valence-corrected chi connectivity index (χ4v) is 3.83. The highest BCUT2D eigenvalue weighted by atomic mass is 32.2. The Labute approximate surface area is 147 Å². The normalized spacial score (nSPS) is 12.2. The maximum absolute atomic E-state index is 14.2. The second-order valence-corrected chi connectivity index (χ2v) is 9.30. The van der Waals surface area contributed by atoms with Crippen molar-refractivity contribution in [3.8, 4) is 0 Å². The van der Waals surface area contributed by atoms with Crippen LogP contribution < -0.4 is 9.44 Å². The maximum Gasteiger partial charge on any atom is 0.264 e. The topological polar surface area (TPSA) is 92.3 Å². The highest BCUT2D eigenvalue weighted by Gasteiger charge is 2.20. The molecule has 0 atom stereocenters. The number of halogens is 1. The lowest BCUT2D eigenvalue weighted by Gasteiger charge is -2.12. The molecular formula is C16H19FN2O4S2. The van der Waals surface area contributed by atoms with Crippen LogP contribution in [-0.2, 0) is 20.0 Å². The smallest absolute Gasteiger partial charge is 0.264 e. The maximum atomic E-state index is 14.2. The number of sulfonamides is 2. The van der Waals surface area contributed by atoms with Gasteiger partial charge in [-0.15, -0.1) is 0 Å². The van der Waals surface area contributed by atoms with Gasteiger partial charge in [-0.05, 0) is 41.8 Å². The van der Waals surface area contributed by atoms with Crippen LogP contribution in [-0.4, -0.2) is 23.1 Å². The molecule has 0 amide bonds. The highest BCUT2D eigenvalue weighted by molar-refractivity contribution is 7.92. The van der Waals surface area contributed by atoms with Crippen LogP contribution >= 0.6 is 0 Å². The summed E-state index contributed by atoms with van der Waals surface area (Å²) in [5.74, 6) is -0.844. The molecule has 25 heavy (non-hydrogen) atoms. The van der Waals surface area contributed by atoms with Gasteiger partial charge in [0.1, 0.15) is 10.7 Å². The van der Waals surface area contributed by atoms with Crippen LogP contribution in [0.2, 0.25) is 0 Å². The zero-order chi connectivity index (χ0) is 18.8. The molecule has 0 aliphatic carbocycles. The van der Waals surface area contributed by atoms with Crippen LogP contribution in [0.15, 0.2) is 47.4 Å². The lowest BCUT2D eigenvalue weighted by atomic mass is 10.0. The molecule has 0 bridgehead atoms. The number of anilines is 2. The molecule has 9 heteroatoms. The second kappa shape index (κ2) is 7.01. The predicted molar refractivity (Wildman–Crippen MR) is 96.2 cm³/mol. The van der Waals surface area contributed by atoms with Crippen LogP contribution in [0.1, 0.15) is 25.3 Å². The minimum absolute atomic E-state index is 0.0549. The SMILES string of the molecule is CC(C)c1cccc(NS(=O)(=O)c2ccc(NS(C)(=O)=O)cc2F)c1. The zero-order valence-corrected chi connectivity index (χ0v) is 15.6. The van der Waals surface area contributed by atoms with Gasteiger partial charge in [-0.2, -0.15) is 0 Å². The van der Waals surface area contributed by atoms with Crippen molar-refractivity contribution in [3.63, 3.8) is 0 Å². The summed E-state index contributed by atoms with van der Waals surface area (Å²) in [5.41, 5.74) is 1.21. The van der Waals surface area contributed by atoms with E-state index < -0.39 is 30.8 Å². The fraction of sp³-hybridized carbons (Fsp3) is 0.250. The Morgan fingerprint density at radius 1 is 0.920 bits per heavy atom. The monoisotopic (exact) mass is 386 g/mol. The van der Waals surface area contributed by atoms with Crippen molar-refractivity contribution in [2.75, 3.05) is 15.7 Å². The molecule has 136 valence electrons. The predicted octanol–water partition coefficient (Wildman–Crippen LogP) is 3.12. The van der Waals surface area contributed by atoms with Gasteiger partial charge in [-0.3, -0.25) is 9.44 Å². The van der Waals surface area contributed by atoms with E-state index in [4.69, 9.17) is 0 Å². The van der Waals surface area contributed by atoms with Crippen molar-refractivity contribution in [1.82, 2.24) is 0 Å². The zero-order valence-electron chi connectivity index (χ0n) is 13.9. The van der Waals surface area contributed by atoms with Crippen molar-refractivity contribution >= 4 is 31.4 Å². The van der Waals surface area contributed by atoms with Gasteiger partial charge >= 0.3 is 0 Å². The molecule has 0 heterocycles. The first-order valence-corrected chi connectivity index (χ1v) is 10.8. The number of benzene rings is 2. The van der Waals surface area contributed by atoms with E-state index in [1.165, 1.54) is 6.07 Å². The van der Waals surface area contributed by atoms with Crippen molar-refractivity contribution < 1.29 is 21.2 Å². The third kappa shape index (κ3) is 5.17. The molecule has 0 aromatic heterocycles. The second-order valence-electron chi connectivity index (χ2n) is 5.91. The molecule has 0 spiro atoms. The molecule has 0 saturated carbocycles. The standard InChI is InChI=1S/C16H19FN2O4S2/c1-11(2)12-5-4-6-13(9-12)19-25(22,23)16-8-7-14(10-15(16)17)18-24(3,20)21/h4-11,18-19H,1-3H3. The lowest BCUT2D eigenvalue weighted by Crippen LogP contribution is -2.15. The third-order valence-electron chi connectivity index (χ3n) is 3.33. The summed E-state index contributed by atoms with van der Waals surface area (Å²) >= 11 is 0. The van der Waals surface area contributed by atoms with Gasteiger partial charge in [0.25, 0.3) is 10.0 Å². The molecule has 2 aromatic rings. The van der Waals surface area contributed by atoms with E-state index in [0.717, 1.165) is 24.0 Å². The number of hydrogen-bond acceptors (Lipinski definition) is 4. The number of hydrogen-bond donors (Lipinski definition) is 2. The van der Waals surface area contributed by atoms with E-state index in [1.807, 2.05) is 19.9 Å². The van der Waals surface area contributed by atoms with E-state index in [1.54, 1.807) is 18.2 Å². The largest absolute Gasteiger partial charge is 0.284 e. The number of nitrogens with one attached hydrogen (secondary N) is 2. The lowest BCUT2D eigenvalue weighted by molar-refractivity contribution is 0.571. The third-order valence-corrected chi connectivity index (χ3v) is 5.35. The molecule has 2 aromatic carbocycles. The van der Waals surface area contributed by atoms with Gasteiger partial charge < -0.3 is 0 Å². The van der Waals surface area contributed by atoms with Crippen LogP contribution in [0.25, 0.3) is 0 Å². The average molecular weight is 386 g/mol. The van der Waals surface area contributed by atoms with Crippen molar-refractivity contribution in [2.45, 2.75) is 24.7 Å². The first kappa shape index (κ1) is 19.2. The van der Waals surface area contributed by atoms with E-state index in [0.29, 0.717) is 5.69 Å².